The molecule has 3 saturated heterocycles. The van der Waals surface area contributed by atoms with Crippen molar-refractivity contribution in [1.82, 2.24) is 0 Å². The van der Waals surface area contributed by atoms with Gasteiger partial charge in [0.05, 0.1) is 26.4 Å². The molecule has 4 heterocycles. The van der Waals surface area contributed by atoms with Gasteiger partial charge in [0.2, 0.25) is 6.29 Å². The van der Waals surface area contributed by atoms with E-state index in [1.165, 1.54) is 26.2 Å². The second kappa shape index (κ2) is 17.2. The monoisotopic (exact) mass is 796 g/mol. The van der Waals surface area contributed by atoms with E-state index in [4.69, 9.17) is 42.3 Å². The molecule has 3 fully saturated rings. The second-order valence-electron chi connectivity index (χ2n) is 13.6. The van der Waals surface area contributed by atoms with Crippen LogP contribution in [-0.4, -0.2) is 164 Å². The molecule has 6 rings (SSSR count). The van der Waals surface area contributed by atoms with Gasteiger partial charge >= 0.3 is 5.97 Å². The van der Waals surface area contributed by atoms with Crippen molar-refractivity contribution in [3.8, 4) is 28.6 Å². The summed E-state index contributed by atoms with van der Waals surface area (Å²) in [5.74, 6) is -0.937. The summed E-state index contributed by atoms with van der Waals surface area (Å²) in [4.78, 5) is 24.9. The Morgan fingerprint density at radius 2 is 1.43 bits per heavy atom. The molecule has 308 valence electrons. The maximum Gasteiger partial charge on any atom is 0.303 e. The highest BCUT2D eigenvalue weighted by Crippen LogP contribution is 2.36. The van der Waals surface area contributed by atoms with Crippen molar-refractivity contribution in [2.75, 3.05) is 20.3 Å². The molecule has 0 aliphatic carbocycles. The summed E-state index contributed by atoms with van der Waals surface area (Å²) >= 11 is 0. The first kappa shape index (κ1) is 41.6. The Morgan fingerprint density at radius 3 is 2.09 bits per heavy atom. The molecule has 3 aromatic rings. The predicted octanol–water partition coefficient (Wildman–Crippen LogP) is -2.40. The third kappa shape index (κ3) is 8.48. The highest BCUT2D eigenvalue weighted by Gasteiger charge is 2.53. The van der Waals surface area contributed by atoms with Crippen LogP contribution in [0.2, 0.25) is 0 Å². The quantitative estimate of drug-likeness (QED) is 0.0914. The molecule has 6 unspecified atom stereocenters. The minimum atomic E-state index is -1.95. The Kier molecular flexibility index (Phi) is 12.8. The molecule has 0 saturated carbocycles. The Hall–Kier alpha value is -4.00. The van der Waals surface area contributed by atoms with Crippen LogP contribution in [0.3, 0.4) is 0 Å². The van der Waals surface area contributed by atoms with Crippen LogP contribution >= 0.6 is 0 Å². The zero-order chi connectivity index (χ0) is 40.6. The minimum Gasteiger partial charge on any atom is -0.507 e. The highest BCUT2D eigenvalue weighted by atomic mass is 16.8. The fraction of sp³-hybridized carbons (Fsp3) is 0.556. The molecule has 3 aliphatic heterocycles. The molecule has 1 aromatic heterocycles. The first-order valence-electron chi connectivity index (χ1n) is 17.5. The lowest BCUT2D eigenvalue weighted by Crippen LogP contribution is -2.65. The van der Waals surface area contributed by atoms with Crippen molar-refractivity contribution in [3.05, 3.63) is 52.7 Å². The Morgan fingerprint density at radius 1 is 0.750 bits per heavy atom. The lowest BCUT2D eigenvalue weighted by Gasteiger charge is -2.46. The number of methoxy groups -OCH3 is 1. The van der Waals surface area contributed by atoms with Gasteiger partial charge in [-0.15, -0.1) is 0 Å². The number of hydrogen-bond donors (Lipinski definition) is 9. The van der Waals surface area contributed by atoms with Gasteiger partial charge in [-0.3, -0.25) is 9.59 Å². The van der Waals surface area contributed by atoms with Gasteiger partial charge in [0.25, 0.3) is 0 Å². The largest absolute Gasteiger partial charge is 0.507 e. The molecule has 15 atom stereocenters. The average Bonchev–Trinajstić information content (AvgIpc) is 3.17. The molecule has 56 heavy (non-hydrogen) atoms. The SMILES string of the molecule is COc1ccc(-c2cc(=O)c3c(O)cc(O[C@@H]4OC(CO[C@@H]5OC(CO)[C@@H](O)[C@H](O)C5O)[C@@H](O)[C@H](O)C4O[C@@H]4OC(C)[C@H](O)C(OC(C)=O)[C@@H]4O)cc3o2)cc1. The number of esters is 1. The summed E-state index contributed by atoms with van der Waals surface area (Å²) in [5, 5.41) is 95.2. The van der Waals surface area contributed by atoms with Crippen molar-refractivity contribution in [3.63, 3.8) is 0 Å². The lowest BCUT2D eigenvalue weighted by molar-refractivity contribution is -0.360. The predicted molar refractivity (Wildman–Crippen MR) is 184 cm³/mol. The van der Waals surface area contributed by atoms with Gasteiger partial charge < -0.3 is 88.3 Å². The molecular weight excluding hydrogens is 752 g/mol. The minimum absolute atomic E-state index is 0.128. The van der Waals surface area contributed by atoms with E-state index in [0.29, 0.717) is 11.3 Å². The molecule has 3 aliphatic rings. The number of aliphatic hydroxyl groups is 8. The molecule has 0 spiro atoms. The number of carbonyl (C=O) groups excluding carboxylic acids is 1. The van der Waals surface area contributed by atoms with Gasteiger partial charge in [-0.25, -0.2) is 0 Å². The zero-order valence-corrected chi connectivity index (χ0v) is 30.1. The third-order valence-corrected chi connectivity index (χ3v) is 9.70. The van der Waals surface area contributed by atoms with E-state index in [0.717, 1.165) is 13.0 Å². The molecule has 9 N–H and O–H groups in total. The Bertz CT molecular complexity index is 1870. The highest BCUT2D eigenvalue weighted by molar-refractivity contribution is 5.86. The Labute approximate surface area is 317 Å². The second-order valence-corrected chi connectivity index (χ2v) is 13.6. The van der Waals surface area contributed by atoms with Crippen LogP contribution in [0.25, 0.3) is 22.3 Å². The van der Waals surface area contributed by atoms with Crippen molar-refractivity contribution >= 4 is 16.9 Å². The molecule has 20 heteroatoms. The van der Waals surface area contributed by atoms with E-state index in [2.05, 4.69) is 0 Å². The van der Waals surface area contributed by atoms with Gasteiger partial charge in [0.1, 0.15) is 88.9 Å². The van der Waals surface area contributed by atoms with Crippen LogP contribution in [0.4, 0.5) is 0 Å². The fourth-order valence-electron chi connectivity index (χ4n) is 6.62. The average molecular weight is 797 g/mol. The number of fused-ring (bicyclic) bond motifs is 1. The molecule has 20 nitrogen and oxygen atoms in total. The summed E-state index contributed by atoms with van der Waals surface area (Å²) in [7, 11) is 1.49. The van der Waals surface area contributed by atoms with Crippen LogP contribution < -0.4 is 14.9 Å². The molecule has 0 radical (unpaired) electrons. The molecular formula is C36H44O20. The van der Waals surface area contributed by atoms with Crippen LogP contribution in [-0.2, 0) is 33.2 Å². The number of phenolic OH excluding ortho intramolecular Hbond substituents is 1. The third-order valence-electron chi connectivity index (χ3n) is 9.70. The number of carbonyl (C=O) groups is 1. The topological polar surface area (TPSA) is 303 Å². The lowest BCUT2D eigenvalue weighted by atomic mass is 9.97. The summed E-state index contributed by atoms with van der Waals surface area (Å²) < 4.78 is 50.7. The van der Waals surface area contributed by atoms with E-state index in [-0.39, 0.29) is 22.5 Å². The maximum atomic E-state index is 13.1. The van der Waals surface area contributed by atoms with Gasteiger partial charge in [-0.05, 0) is 31.2 Å². The van der Waals surface area contributed by atoms with Gasteiger partial charge in [-0.1, -0.05) is 0 Å². The number of aromatic hydroxyl groups is 1. The van der Waals surface area contributed by atoms with Crippen LogP contribution in [0.1, 0.15) is 13.8 Å². The summed E-state index contributed by atoms with van der Waals surface area (Å²) in [6, 6.07) is 10.1. The van der Waals surface area contributed by atoms with Gasteiger partial charge in [-0.2, -0.15) is 0 Å². The molecule has 0 amide bonds. The van der Waals surface area contributed by atoms with Crippen LogP contribution in [0, 0.1) is 0 Å². The first-order chi connectivity index (χ1) is 26.6. The molecule has 2 aromatic carbocycles. The number of hydrogen-bond acceptors (Lipinski definition) is 20. The van der Waals surface area contributed by atoms with Crippen LogP contribution in [0.5, 0.6) is 17.2 Å². The maximum absolute atomic E-state index is 13.1. The van der Waals surface area contributed by atoms with E-state index in [1.54, 1.807) is 24.3 Å². The summed E-state index contributed by atoms with van der Waals surface area (Å²) in [6.07, 6.45) is -24.8. The van der Waals surface area contributed by atoms with E-state index in [9.17, 15) is 55.5 Å². The standard InChI is InChI=1S/C36H44O20/c1-13-25(41)32(51-14(2)38)31(47)35(50-13)56-33-29(45)27(43)23(12-49-34-30(46)28(44)26(42)22(11-37)54-34)55-36(33)52-17-8-18(39)24-19(40)10-20(53-21(24)9-17)15-4-6-16(48-3)7-5-15/h4-10,13,22-23,25-37,39,41-47H,11-12H2,1-3H3/t13?,22?,23?,25-,26+,27+,28-,29-,30?,31-,32?,33?,34+,35-,36+/m0/s1. The zero-order valence-electron chi connectivity index (χ0n) is 30.1. The smallest absolute Gasteiger partial charge is 0.303 e. The van der Waals surface area contributed by atoms with Crippen molar-refractivity contribution in [2.45, 2.75) is 106 Å². The van der Waals surface area contributed by atoms with E-state index < -0.39 is 122 Å². The normalized spacial score (nSPS) is 36.2. The number of phenols is 1. The van der Waals surface area contributed by atoms with E-state index in [1.807, 2.05) is 0 Å². The first-order valence-corrected chi connectivity index (χ1v) is 17.5. The van der Waals surface area contributed by atoms with Crippen molar-refractivity contribution in [2.24, 2.45) is 0 Å². The van der Waals surface area contributed by atoms with Gasteiger partial charge in [0, 0.05) is 30.7 Å². The molecule has 0 bridgehead atoms. The number of benzene rings is 2. The number of ether oxygens (including phenoxy) is 8. The van der Waals surface area contributed by atoms with E-state index >= 15 is 0 Å². The van der Waals surface area contributed by atoms with Crippen LogP contribution in [0.15, 0.2) is 51.7 Å². The Balaban J connectivity index is 1.31. The fourth-order valence-corrected chi connectivity index (χ4v) is 6.62. The number of aliphatic hydroxyl groups excluding tert-OH is 8. The summed E-state index contributed by atoms with van der Waals surface area (Å²) in [5.41, 5.74) is -0.230. The van der Waals surface area contributed by atoms with Crippen molar-refractivity contribution < 1.29 is 93.1 Å². The summed E-state index contributed by atoms with van der Waals surface area (Å²) in [6.45, 7) is 1.04. The van der Waals surface area contributed by atoms with Crippen molar-refractivity contribution in [1.29, 1.82) is 0 Å². The number of rotatable bonds is 11. The van der Waals surface area contributed by atoms with Gasteiger partial charge in [0.15, 0.2) is 30.2 Å².